The molecule has 1 amide bonds. The van der Waals surface area contributed by atoms with Crippen LogP contribution in [0.3, 0.4) is 0 Å². The maximum absolute atomic E-state index is 13.3. The number of methoxy groups -OCH3 is 2. The fraction of sp³-hybridized carbons (Fsp3) is 0.125. The lowest BCUT2D eigenvalue weighted by Crippen LogP contribution is -2.25. The predicted molar refractivity (Wildman–Crippen MR) is 130 cm³/mol. The number of fused-ring (bicyclic) bond motifs is 1. The minimum Gasteiger partial charge on any atom is -0.493 e. The van der Waals surface area contributed by atoms with E-state index in [0.717, 1.165) is 9.60 Å². The smallest absolute Gasteiger partial charge is 0.271 e. The van der Waals surface area contributed by atoms with Crippen LogP contribution in [0.1, 0.15) is 17.2 Å². The van der Waals surface area contributed by atoms with Gasteiger partial charge in [0.05, 0.1) is 36.1 Å². The van der Waals surface area contributed by atoms with E-state index in [0.29, 0.717) is 39.0 Å². The number of aromatic nitrogens is 1. The molecule has 1 aromatic heterocycles. The summed E-state index contributed by atoms with van der Waals surface area (Å²) in [5, 5.41) is 12.3. The standard InChI is InChI=1S/C24H19N3O4S2/c1-29-19-11-18-21(12-20(19)30-2)33-24(26-18)27-23(28)22(15-5-9-17(32)10-6-15)31-16-7-3-14(13-25)4-8-16/h3-12,22,32H,1-2H3,(H,26,27,28). The number of thiol groups is 1. The van der Waals surface area contributed by atoms with E-state index >= 15 is 0 Å². The van der Waals surface area contributed by atoms with E-state index in [1.807, 2.05) is 6.07 Å². The first-order valence-corrected chi connectivity index (χ1v) is 11.1. The summed E-state index contributed by atoms with van der Waals surface area (Å²) in [6, 6.07) is 19.4. The number of amides is 1. The Morgan fingerprint density at radius 2 is 1.73 bits per heavy atom. The van der Waals surface area contributed by atoms with Crippen LogP contribution in [-0.4, -0.2) is 25.1 Å². The molecule has 1 atom stereocenters. The Hall–Kier alpha value is -3.74. The van der Waals surface area contributed by atoms with Gasteiger partial charge in [-0.2, -0.15) is 5.26 Å². The van der Waals surface area contributed by atoms with Crippen LogP contribution in [0.25, 0.3) is 10.2 Å². The molecule has 0 aliphatic heterocycles. The van der Waals surface area contributed by atoms with Crippen molar-refractivity contribution in [3.63, 3.8) is 0 Å². The third-order valence-electron chi connectivity index (χ3n) is 4.80. The van der Waals surface area contributed by atoms with Crippen molar-refractivity contribution in [3.05, 3.63) is 71.8 Å². The predicted octanol–water partition coefficient (Wildman–Crippen LogP) is 5.23. The number of carbonyl (C=O) groups is 1. The van der Waals surface area contributed by atoms with Crippen LogP contribution >= 0.6 is 24.0 Å². The summed E-state index contributed by atoms with van der Waals surface area (Å²) < 4.78 is 17.5. The van der Waals surface area contributed by atoms with Gasteiger partial charge in [0.1, 0.15) is 5.75 Å². The van der Waals surface area contributed by atoms with Gasteiger partial charge in [-0.15, -0.1) is 12.6 Å². The van der Waals surface area contributed by atoms with E-state index < -0.39 is 6.10 Å². The summed E-state index contributed by atoms with van der Waals surface area (Å²) in [4.78, 5) is 18.5. The van der Waals surface area contributed by atoms with E-state index in [1.54, 1.807) is 68.8 Å². The van der Waals surface area contributed by atoms with Gasteiger partial charge < -0.3 is 14.2 Å². The third kappa shape index (κ3) is 5.03. The molecule has 0 bridgehead atoms. The summed E-state index contributed by atoms with van der Waals surface area (Å²) in [6.07, 6.45) is -0.942. The Bertz CT molecular complexity index is 1290. The monoisotopic (exact) mass is 477 g/mol. The second-order valence-electron chi connectivity index (χ2n) is 6.91. The van der Waals surface area contributed by atoms with Gasteiger partial charge in [-0.1, -0.05) is 23.5 Å². The Labute approximate surface area is 200 Å². The number of nitrogens with zero attached hydrogens (tertiary/aromatic N) is 2. The second kappa shape index (κ2) is 9.81. The number of rotatable bonds is 7. The highest BCUT2D eigenvalue weighted by Crippen LogP contribution is 2.36. The maximum Gasteiger partial charge on any atom is 0.271 e. The van der Waals surface area contributed by atoms with Crippen molar-refractivity contribution in [3.8, 4) is 23.3 Å². The first-order chi connectivity index (χ1) is 16.0. The highest BCUT2D eigenvalue weighted by molar-refractivity contribution is 7.80. The van der Waals surface area contributed by atoms with Gasteiger partial charge >= 0.3 is 0 Å². The van der Waals surface area contributed by atoms with Gasteiger partial charge in [0, 0.05) is 22.6 Å². The number of nitriles is 1. The number of hydrogen-bond donors (Lipinski definition) is 2. The van der Waals surface area contributed by atoms with E-state index in [2.05, 4.69) is 29.0 Å². The number of ether oxygens (including phenoxy) is 3. The molecule has 0 radical (unpaired) electrons. The quantitative estimate of drug-likeness (QED) is 0.354. The van der Waals surface area contributed by atoms with Gasteiger partial charge in [0.15, 0.2) is 16.6 Å². The zero-order valence-corrected chi connectivity index (χ0v) is 19.4. The van der Waals surface area contributed by atoms with Gasteiger partial charge in [-0.05, 0) is 36.4 Å². The molecular weight excluding hydrogens is 458 g/mol. The first kappa shape index (κ1) is 22.5. The Morgan fingerprint density at radius 3 is 2.36 bits per heavy atom. The summed E-state index contributed by atoms with van der Waals surface area (Å²) in [7, 11) is 3.12. The summed E-state index contributed by atoms with van der Waals surface area (Å²) in [5.41, 5.74) is 1.83. The van der Waals surface area contributed by atoms with E-state index in [1.165, 1.54) is 11.3 Å². The lowest BCUT2D eigenvalue weighted by atomic mass is 10.1. The van der Waals surface area contributed by atoms with Gasteiger partial charge in [0.2, 0.25) is 6.10 Å². The molecule has 1 heterocycles. The summed E-state index contributed by atoms with van der Waals surface area (Å²) in [5.74, 6) is 1.22. The van der Waals surface area contributed by atoms with Crippen molar-refractivity contribution in [2.75, 3.05) is 19.5 Å². The highest BCUT2D eigenvalue weighted by atomic mass is 32.1. The summed E-state index contributed by atoms with van der Waals surface area (Å²) in [6.45, 7) is 0. The van der Waals surface area contributed by atoms with Crippen molar-refractivity contribution in [1.29, 1.82) is 5.26 Å². The zero-order valence-electron chi connectivity index (χ0n) is 17.7. The SMILES string of the molecule is COc1cc2nc(NC(=O)C(Oc3ccc(C#N)cc3)c3ccc(S)cc3)sc2cc1OC. The fourth-order valence-corrected chi connectivity index (χ4v) is 4.17. The molecule has 0 aliphatic carbocycles. The molecule has 3 aromatic carbocycles. The van der Waals surface area contributed by atoms with Crippen LogP contribution in [0.2, 0.25) is 0 Å². The normalized spacial score (nSPS) is 11.5. The molecule has 0 fully saturated rings. The first-order valence-electron chi connectivity index (χ1n) is 9.80. The number of carbonyl (C=O) groups excluding carboxylic acids is 1. The van der Waals surface area contributed by atoms with Gasteiger partial charge in [0.25, 0.3) is 5.91 Å². The van der Waals surface area contributed by atoms with Crippen LogP contribution in [0, 0.1) is 11.3 Å². The third-order valence-corrected chi connectivity index (χ3v) is 6.03. The largest absolute Gasteiger partial charge is 0.493 e. The van der Waals surface area contributed by atoms with Crippen molar-refractivity contribution in [1.82, 2.24) is 4.98 Å². The van der Waals surface area contributed by atoms with Crippen LogP contribution < -0.4 is 19.5 Å². The van der Waals surface area contributed by atoms with Gasteiger partial charge in [-0.3, -0.25) is 10.1 Å². The minimum atomic E-state index is -0.942. The second-order valence-corrected chi connectivity index (χ2v) is 8.46. The molecule has 0 spiro atoms. The maximum atomic E-state index is 13.3. The summed E-state index contributed by atoms with van der Waals surface area (Å²) >= 11 is 5.63. The molecule has 4 aromatic rings. The van der Waals surface area contributed by atoms with Crippen LogP contribution in [-0.2, 0) is 4.79 Å². The van der Waals surface area contributed by atoms with Gasteiger partial charge in [-0.25, -0.2) is 4.98 Å². The number of nitrogens with one attached hydrogen (secondary N) is 1. The molecule has 1 unspecified atom stereocenters. The Morgan fingerprint density at radius 1 is 1.06 bits per heavy atom. The number of anilines is 1. The molecule has 9 heteroatoms. The average Bonchev–Trinajstić information content (AvgIpc) is 3.23. The van der Waals surface area contributed by atoms with Crippen molar-refractivity contribution in [2.45, 2.75) is 11.0 Å². The molecule has 7 nitrogen and oxygen atoms in total. The topological polar surface area (TPSA) is 93.5 Å². The molecule has 4 rings (SSSR count). The molecule has 33 heavy (non-hydrogen) atoms. The van der Waals surface area contributed by atoms with Crippen molar-refractivity contribution >= 4 is 45.2 Å². The van der Waals surface area contributed by atoms with Crippen LogP contribution in [0.4, 0.5) is 5.13 Å². The molecular formula is C24H19N3O4S2. The van der Waals surface area contributed by atoms with E-state index in [9.17, 15) is 4.79 Å². The molecule has 0 saturated heterocycles. The van der Waals surface area contributed by atoms with Crippen LogP contribution in [0.5, 0.6) is 17.2 Å². The lowest BCUT2D eigenvalue weighted by Gasteiger charge is -2.18. The molecule has 1 N–H and O–H groups in total. The van der Waals surface area contributed by atoms with Crippen LogP contribution in [0.15, 0.2) is 65.6 Å². The Kier molecular flexibility index (Phi) is 6.68. The average molecular weight is 478 g/mol. The van der Waals surface area contributed by atoms with Crippen molar-refractivity contribution in [2.24, 2.45) is 0 Å². The lowest BCUT2D eigenvalue weighted by molar-refractivity contribution is -0.123. The highest BCUT2D eigenvalue weighted by Gasteiger charge is 2.24. The van der Waals surface area contributed by atoms with E-state index in [4.69, 9.17) is 19.5 Å². The number of benzene rings is 3. The zero-order chi connectivity index (χ0) is 23.4. The Balaban J connectivity index is 1.62. The number of thiazole rings is 1. The van der Waals surface area contributed by atoms with Crippen molar-refractivity contribution < 1.29 is 19.0 Å². The molecule has 0 aliphatic rings. The molecule has 0 saturated carbocycles. The van der Waals surface area contributed by atoms with E-state index in [-0.39, 0.29) is 5.91 Å². The number of hydrogen-bond acceptors (Lipinski definition) is 8. The minimum absolute atomic E-state index is 0.385. The fourth-order valence-electron chi connectivity index (χ4n) is 3.15. The molecule has 166 valence electrons.